The fourth-order valence-electron chi connectivity index (χ4n) is 1.90. The number of hydrogen-bond acceptors (Lipinski definition) is 2. The minimum absolute atomic E-state index is 0. The lowest BCUT2D eigenvalue weighted by Gasteiger charge is -2.20. The highest BCUT2D eigenvalue weighted by Gasteiger charge is 2.36. The number of halogens is 5. The quantitative estimate of drug-likeness (QED) is 0.896. The van der Waals surface area contributed by atoms with Crippen LogP contribution < -0.4 is 5.73 Å². The molecule has 108 valence electrons. The molecule has 1 aliphatic rings. The van der Waals surface area contributed by atoms with E-state index in [4.69, 9.17) is 17.3 Å². The van der Waals surface area contributed by atoms with E-state index in [1.54, 1.807) is 0 Å². The third kappa shape index (κ3) is 3.75. The molecule has 0 aliphatic heterocycles. The van der Waals surface area contributed by atoms with Crippen LogP contribution in [0, 0.1) is 5.92 Å². The molecule has 1 aromatic carbocycles. The molecule has 3 N–H and O–H groups in total. The lowest BCUT2D eigenvalue weighted by atomic mass is 9.98. The highest BCUT2D eigenvalue weighted by atomic mass is 35.5. The summed E-state index contributed by atoms with van der Waals surface area (Å²) in [5, 5.41) is 9.45. The van der Waals surface area contributed by atoms with Crippen LogP contribution in [0.15, 0.2) is 18.2 Å². The molecule has 0 amide bonds. The van der Waals surface area contributed by atoms with Gasteiger partial charge in [0.2, 0.25) is 0 Å². The van der Waals surface area contributed by atoms with E-state index in [1.807, 2.05) is 0 Å². The van der Waals surface area contributed by atoms with Gasteiger partial charge in [-0.1, -0.05) is 17.7 Å². The molecule has 1 aromatic rings. The minimum Gasteiger partial charge on any atom is -0.391 e. The Labute approximate surface area is 120 Å². The molecule has 0 saturated heterocycles. The molecule has 0 bridgehead atoms. The molecule has 0 aromatic heterocycles. The maximum absolute atomic E-state index is 12.5. The molecule has 2 nitrogen and oxygen atoms in total. The van der Waals surface area contributed by atoms with Crippen LogP contribution in [0.25, 0.3) is 0 Å². The Balaban J connectivity index is 0.00000180. The molecule has 1 aliphatic carbocycles. The van der Waals surface area contributed by atoms with Crippen LogP contribution in [0.3, 0.4) is 0 Å². The minimum atomic E-state index is -4.48. The summed E-state index contributed by atoms with van der Waals surface area (Å²) in [5.41, 5.74) is 5.35. The summed E-state index contributed by atoms with van der Waals surface area (Å²) in [7, 11) is 0. The van der Waals surface area contributed by atoms with Gasteiger partial charge in [0, 0.05) is 0 Å². The maximum atomic E-state index is 12.5. The van der Waals surface area contributed by atoms with Gasteiger partial charge in [0.25, 0.3) is 0 Å². The third-order valence-electron chi connectivity index (χ3n) is 3.16. The smallest absolute Gasteiger partial charge is 0.391 e. The van der Waals surface area contributed by atoms with Gasteiger partial charge in [-0.05, 0) is 36.5 Å². The van der Waals surface area contributed by atoms with Crippen LogP contribution in [0.5, 0.6) is 0 Å². The van der Waals surface area contributed by atoms with Gasteiger partial charge in [0.1, 0.15) is 0 Å². The lowest BCUT2D eigenvalue weighted by Crippen LogP contribution is -2.28. The maximum Gasteiger partial charge on any atom is 0.417 e. The first-order valence-electron chi connectivity index (χ1n) is 5.61. The van der Waals surface area contributed by atoms with Gasteiger partial charge in [-0.15, -0.1) is 12.4 Å². The molecule has 7 heteroatoms. The Hall–Kier alpha value is -0.490. The molecular formula is C12H14Cl2F3NO. The van der Waals surface area contributed by atoms with Crippen LogP contribution in [0.2, 0.25) is 5.02 Å². The average molecular weight is 316 g/mol. The van der Waals surface area contributed by atoms with E-state index >= 15 is 0 Å². The van der Waals surface area contributed by atoms with E-state index in [9.17, 15) is 18.3 Å². The van der Waals surface area contributed by atoms with Gasteiger partial charge < -0.3 is 10.8 Å². The fourth-order valence-corrected chi connectivity index (χ4v) is 2.19. The second kappa shape index (κ2) is 5.87. The molecule has 0 unspecified atom stereocenters. The number of rotatable bonds is 3. The van der Waals surface area contributed by atoms with Gasteiger partial charge in [-0.3, -0.25) is 0 Å². The van der Waals surface area contributed by atoms with Crippen LogP contribution >= 0.6 is 24.0 Å². The van der Waals surface area contributed by atoms with Gasteiger partial charge in [-0.2, -0.15) is 13.2 Å². The van der Waals surface area contributed by atoms with E-state index in [-0.39, 0.29) is 18.3 Å². The summed E-state index contributed by atoms with van der Waals surface area (Å²) in [6, 6.07) is 2.65. The van der Waals surface area contributed by atoms with E-state index in [0.717, 1.165) is 18.9 Å². The van der Waals surface area contributed by atoms with Crippen LogP contribution in [0.4, 0.5) is 13.2 Å². The Morgan fingerprint density at radius 2 is 1.89 bits per heavy atom. The first-order valence-corrected chi connectivity index (χ1v) is 5.99. The van der Waals surface area contributed by atoms with Crippen molar-refractivity contribution in [2.24, 2.45) is 11.7 Å². The van der Waals surface area contributed by atoms with Crippen LogP contribution in [-0.4, -0.2) is 11.2 Å². The van der Waals surface area contributed by atoms with Crippen molar-refractivity contribution in [2.45, 2.75) is 31.2 Å². The van der Waals surface area contributed by atoms with Gasteiger partial charge in [0.05, 0.1) is 22.7 Å². The predicted octanol–water partition coefficient (Wildman–Crippen LogP) is 3.55. The van der Waals surface area contributed by atoms with Crippen molar-refractivity contribution >= 4 is 24.0 Å². The second-order valence-corrected chi connectivity index (χ2v) is 5.00. The Kier molecular flexibility index (Phi) is 5.12. The summed E-state index contributed by atoms with van der Waals surface area (Å²) in [4.78, 5) is 0. The number of aliphatic hydroxyl groups is 1. The zero-order valence-corrected chi connectivity index (χ0v) is 11.4. The highest BCUT2D eigenvalue weighted by Crippen LogP contribution is 2.39. The molecule has 2 atom stereocenters. The summed E-state index contributed by atoms with van der Waals surface area (Å²) < 4.78 is 37.5. The monoisotopic (exact) mass is 315 g/mol. The van der Waals surface area contributed by atoms with Crippen LogP contribution in [-0.2, 0) is 6.18 Å². The SMILES string of the molecule is Cl.N[C@@H](c1ccc(C(F)(F)F)c(Cl)c1)[C@H](O)C1CC1. The molecule has 19 heavy (non-hydrogen) atoms. The molecule has 0 spiro atoms. The van der Waals surface area contributed by atoms with Crippen molar-refractivity contribution in [2.75, 3.05) is 0 Å². The average Bonchev–Trinajstić information content (AvgIpc) is 3.09. The van der Waals surface area contributed by atoms with Gasteiger partial charge in [0.15, 0.2) is 0 Å². The summed E-state index contributed by atoms with van der Waals surface area (Å²) in [5.74, 6) is 0.154. The Bertz CT molecular complexity index is 449. The van der Waals surface area contributed by atoms with Crippen molar-refractivity contribution in [3.05, 3.63) is 34.3 Å². The number of aliphatic hydroxyl groups excluding tert-OH is 1. The highest BCUT2D eigenvalue weighted by molar-refractivity contribution is 6.31. The van der Waals surface area contributed by atoms with E-state index < -0.39 is 28.9 Å². The predicted molar refractivity (Wildman–Crippen MR) is 69.4 cm³/mol. The van der Waals surface area contributed by atoms with Crippen molar-refractivity contribution in [1.82, 2.24) is 0 Å². The third-order valence-corrected chi connectivity index (χ3v) is 3.47. The van der Waals surface area contributed by atoms with E-state index in [1.165, 1.54) is 12.1 Å². The van der Waals surface area contributed by atoms with Gasteiger partial charge in [-0.25, -0.2) is 0 Å². The number of nitrogens with two attached hydrogens (primary N) is 1. The topological polar surface area (TPSA) is 46.2 Å². The number of benzene rings is 1. The molecule has 1 saturated carbocycles. The number of alkyl halides is 3. The lowest BCUT2D eigenvalue weighted by molar-refractivity contribution is -0.137. The second-order valence-electron chi connectivity index (χ2n) is 4.59. The Morgan fingerprint density at radius 3 is 2.32 bits per heavy atom. The van der Waals surface area contributed by atoms with Gasteiger partial charge >= 0.3 is 6.18 Å². The first kappa shape index (κ1) is 16.6. The van der Waals surface area contributed by atoms with Crippen LogP contribution in [0.1, 0.15) is 30.0 Å². The first-order chi connectivity index (χ1) is 8.30. The molecule has 2 rings (SSSR count). The molecule has 1 fully saturated rings. The molecule has 0 radical (unpaired) electrons. The van der Waals surface area contributed by atoms with Crippen molar-refractivity contribution in [3.63, 3.8) is 0 Å². The number of hydrogen-bond donors (Lipinski definition) is 2. The largest absolute Gasteiger partial charge is 0.417 e. The Morgan fingerprint density at radius 1 is 1.32 bits per heavy atom. The fraction of sp³-hybridized carbons (Fsp3) is 0.500. The molecule has 0 heterocycles. The summed E-state index contributed by atoms with van der Waals surface area (Å²) in [6.07, 6.45) is -3.39. The van der Waals surface area contributed by atoms with Crippen molar-refractivity contribution in [1.29, 1.82) is 0 Å². The zero-order valence-electron chi connectivity index (χ0n) is 9.82. The summed E-state index contributed by atoms with van der Waals surface area (Å²) >= 11 is 5.60. The summed E-state index contributed by atoms with van der Waals surface area (Å²) in [6.45, 7) is 0. The normalized spacial score (nSPS) is 18.6. The van der Waals surface area contributed by atoms with Crippen molar-refractivity contribution in [3.8, 4) is 0 Å². The van der Waals surface area contributed by atoms with Crippen molar-refractivity contribution < 1.29 is 18.3 Å². The zero-order chi connectivity index (χ0) is 13.5. The molecular weight excluding hydrogens is 302 g/mol. The van der Waals surface area contributed by atoms with E-state index in [0.29, 0.717) is 5.56 Å². The standard InChI is InChI=1S/C12H13ClF3NO.ClH/c13-9-5-7(3-4-8(9)12(14,15)16)10(17)11(18)6-1-2-6;/h3-6,10-11,18H,1-2,17H2;1H/t10-,11+;/m0./s1. The van der Waals surface area contributed by atoms with E-state index in [2.05, 4.69) is 0 Å².